The number of rotatable bonds is 5. The van der Waals surface area contributed by atoms with Gasteiger partial charge in [0, 0.05) is 16.7 Å². The molecule has 112 valence electrons. The van der Waals surface area contributed by atoms with E-state index >= 15 is 0 Å². The molecule has 0 heterocycles. The molecule has 0 aliphatic carbocycles. The zero-order chi connectivity index (χ0) is 14.4. The number of anilines is 1. The van der Waals surface area contributed by atoms with Crippen LogP contribution in [0.25, 0.3) is 0 Å². The van der Waals surface area contributed by atoms with Gasteiger partial charge in [0.05, 0.1) is 6.54 Å². The smallest absolute Gasteiger partial charge is 0.238 e. The Morgan fingerprint density at radius 2 is 1.86 bits per heavy atom. The van der Waals surface area contributed by atoms with Crippen molar-refractivity contribution in [3.8, 4) is 0 Å². The van der Waals surface area contributed by atoms with Gasteiger partial charge in [-0.05, 0) is 30.2 Å². The minimum absolute atomic E-state index is 0. The fourth-order valence-electron chi connectivity index (χ4n) is 1.79. The van der Waals surface area contributed by atoms with Crippen molar-refractivity contribution < 1.29 is 4.79 Å². The van der Waals surface area contributed by atoms with Gasteiger partial charge in [0.2, 0.25) is 5.91 Å². The Labute approximate surface area is 139 Å². The topological polar surface area (TPSA) is 41.1 Å². The average Bonchev–Trinajstić information content (AvgIpc) is 2.44. The molecule has 5 heteroatoms. The van der Waals surface area contributed by atoms with Crippen molar-refractivity contribution in [2.45, 2.75) is 13.5 Å². The summed E-state index contributed by atoms with van der Waals surface area (Å²) in [4.78, 5) is 11.8. The molecule has 0 spiro atoms. The first-order valence-corrected chi connectivity index (χ1v) is 7.25. The lowest BCUT2D eigenvalue weighted by Gasteiger charge is -2.08. The monoisotopic (exact) mass is 368 g/mol. The van der Waals surface area contributed by atoms with Crippen LogP contribution in [-0.2, 0) is 11.3 Å². The molecule has 1 amide bonds. The van der Waals surface area contributed by atoms with Gasteiger partial charge in [-0.15, -0.1) is 12.4 Å². The second-order valence-corrected chi connectivity index (χ2v) is 5.46. The van der Waals surface area contributed by atoms with E-state index in [1.165, 1.54) is 5.56 Å². The lowest BCUT2D eigenvalue weighted by Crippen LogP contribution is -2.27. The van der Waals surface area contributed by atoms with E-state index in [2.05, 4.69) is 26.6 Å². The summed E-state index contributed by atoms with van der Waals surface area (Å²) in [5, 5.41) is 5.99. The highest BCUT2D eigenvalue weighted by atomic mass is 79.9. The van der Waals surface area contributed by atoms with E-state index in [1.807, 2.05) is 55.5 Å². The summed E-state index contributed by atoms with van der Waals surface area (Å²) in [5.74, 6) is -0.0447. The molecule has 2 aromatic rings. The Bertz CT molecular complexity index is 590. The van der Waals surface area contributed by atoms with Crippen LogP contribution in [0.5, 0.6) is 0 Å². The van der Waals surface area contributed by atoms with Crippen LogP contribution in [0.3, 0.4) is 0 Å². The molecule has 0 aliphatic rings. The number of nitrogens with one attached hydrogen (secondary N) is 2. The van der Waals surface area contributed by atoms with Gasteiger partial charge in [-0.1, -0.05) is 52.3 Å². The number of carbonyl (C=O) groups excluding carboxylic acids is 1. The predicted octanol–water partition coefficient (Wildman–Crippen LogP) is 3.91. The summed E-state index contributed by atoms with van der Waals surface area (Å²) in [6, 6.07) is 15.8. The molecule has 21 heavy (non-hydrogen) atoms. The zero-order valence-electron chi connectivity index (χ0n) is 11.7. The van der Waals surface area contributed by atoms with E-state index in [9.17, 15) is 4.79 Å². The molecule has 0 unspecified atom stereocenters. The largest absolute Gasteiger partial charge is 0.325 e. The van der Waals surface area contributed by atoms with Crippen LogP contribution in [-0.4, -0.2) is 12.5 Å². The highest BCUT2D eigenvalue weighted by molar-refractivity contribution is 9.10. The first-order chi connectivity index (χ1) is 9.65. The second-order valence-electron chi connectivity index (χ2n) is 4.60. The Kier molecular flexibility index (Phi) is 7.43. The van der Waals surface area contributed by atoms with E-state index in [0.717, 1.165) is 15.7 Å². The molecule has 2 N–H and O–H groups in total. The number of amides is 1. The Morgan fingerprint density at radius 3 is 2.52 bits per heavy atom. The molecule has 0 saturated carbocycles. The van der Waals surface area contributed by atoms with Gasteiger partial charge in [0.1, 0.15) is 0 Å². The Hall–Kier alpha value is -1.36. The van der Waals surface area contributed by atoms with Crippen LogP contribution in [0.4, 0.5) is 5.69 Å². The van der Waals surface area contributed by atoms with Crippen LogP contribution in [0.15, 0.2) is 53.0 Å². The lowest BCUT2D eigenvalue weighted by atomic mass is 10.2. The van der Waals surface area contributed by atoms with Crippen molar-refractivity contribution in [2.75, 3.05) is 11.9 Å². The average molecular weight is 370 g/mol. The van der Waals surface area contributed by atoms with Crippen LogP contribution in [0, 0.1) is 6.92 Å². The molecule has 0 aliphatic heterocycles. The van der Waals surface area contributed by atoms with Crippen molar-refractivity contribution in [1.29, 1.82) is 0 Å². The van der Waals surface area contributed by atoms with Crippen molar-refractivity contribution in [2.24, 2.45) is 0 Å². The molecule has 2 aromatic carbocycles. The maximum Gasteiger partial charge on any atom is 0.238 e. The van der Waals surface area contributed by atoms with Gasteiger partial charge < -0.3 is 10.6 Å². The number of hydrogen-bond donors (Lipinski definition) is 2. The number of halogens is 2. The summed E-state index contributed by atoms with van der Waals surface area (Å²) >= 11 is 3.45. The summed E-state index contributed by atoms with van der Waals surface area (Å²) in [6.45, 7) is 2.99. The predicted molar refractivity (Wildman–Crippen MR) is 92.9 cm³/mol. The quantitative estimate of drug-likeness (QED) is 0.839. The standard InChI is InChI=1S/C16H17BrN2O.ClH/c1-12-7-8-14(9-15(12)17)19-16(20)11-18-10-13-5-3-2-4-6-13;/h2-9,18H,10-11H2,1H3,(H,19,20);1H. The van der Waals surface area contributed by atoms with Crippen LogP contribution in [0.2, 0.25) is 0 Å². The third kappa shape index (κ3) is 5.87. The Balaban J connectivity index is 0.00000220. The lowest BCUT2D eigenvalue weighted by molar-refractivity contribution is -0.115. The van der Waals surface area contributed by atoms with E-state index in [-0.39, 0.29) is 18.3 Å². The van der Waals surface area contributed by atoms with Crippen LogP contribution in [0.1, 0.15) is 11.1 Å². The minimum atomic E-state index is -0.0447. The van der Waals surface area contributed by atoms with Gasteiger partial charge in [0.15, 0.2) is 0 Å². The molecular weight excluding hydrogens is 352 g/mol. The maximum atomic E-state index is 11.8. The van der Waals surface area contributed by atoms with Gasteiger partial charge in [-0.3, -0.25) is 4.79 Å². The molecule has 0 saturated heterocycles. The molecule has 0 aromatic heterocycles. The van der Waals surface area contributed by atoms with Crippen molar-refractivity contribution >= 4 is 39.9 Å². The number of hydrogen-bond acceptors (Lipinski definition) is 2. The molecule has 0 atom stereocenters. The van der Waals surface area contributed by atoms with Crippen LogP contribution < -0.4 is 10.6 Å². The van der Waals surface area contributed by atoms with Crippen molar-refractivity contribution in [1.82, 2.24) is 5.32 Å². The summed E-state index contributed by atoms with van der Waals surface area (Å²) in [6.07, 6.45) is 0. The summed E-state index contributed by atoms with van der Waals surface area (Å²) in [5.41, 5.74) is 3.11. The van der Waals surface area contributed by atoms with Crippen molar-refractivity contribution in [3.05, 3.63) is 64.1 Å². The normalized spacial score (nSPS) is 9.81. The maximum absolute atomic E-state index is 11.8. The second kappa shape index (κ2) is 8.82. The highest BCUT2D eigenvalue weighted by Gasteiger charge is 2.03. The zero-order valence-corrected chi connectivity index (χ0v) is 14.1. The number of aryl methyl sites for hydroxylation is 1. The first kappa shape index (κ1) is 17.7. The van der Waals surface area contributed by atoms with Gasteiger partial charge in [0.25, 0.3) is 0 Å². The molecule has 3 nitrogen and oxygen atoms in total. The number of carbonyl (C=O) groups is 1. The highest BCUT2D eigenvalue weighted by Crippen LogP contribution is 2.20. The third-order valence-electron chi connectivity index (χ3n) is 2.91. The fourth-order valence-corrected chi connectivity index (χ4v) is 2.17. The van der Waals surface area contributed by atoms with E-state index in [4.69, 9.17) is 0 Å². The van der Waals surface area contributed by atoms with E-state index in [0.29, 0.717) is 13.1 Å². The minimum Gasteiger partial charge on any atom is -0.325 e. The summed E-state index contributed by atoms with van der Waals surface area (Å²) < 4.78 is 0.993. The Morgan fingerprint density at radius 1 is 1.14 bits per heavy atom. The van der Waals surface area contributed by atoms with Crippen LogP contribution >= 0.6 is 28.3 Å². The van der Waals surface area contributed by atoms with E-state index < -0.39 is 0 Å². The molecule has 0 bridgehead atoms. The molecular formula is C16H18BrClN2O. The van der Waals surface area contributed by atoms with E-state index in [1.54, 1.807) is 0 Å². The van der Waals surface area contributed by atoms with Gasteiger partial charge in [-0.2, -0.15) is 0 Å². The SMILES string of the molecule is Cc1ccc(NC(=O)CNCc2ccccc2)cc1Br.Cl. The van der Waals surface area contributed by atoms with Crippen molar-refractivity contribution in [3.63, 3.8) is 0 Å². The molecule has 2 rings (SSSR count). The number of benzene rings is 2. The van der Waals surface area contributed by atoms with Gasteiger partial charge in [-0.25, -0.2) is 0 Å². The fraction of sp³-hybridized carbons (Fsp3) is 0.188. The van der Waals surface area contributed by atoms with Gasteiger partial charge >= 0.3 is 0 Å². The third-order valence-corrected chi connectivity index (χ3v) is 3.77. The summed E-state index contributed by atoms with van der Waals surface area (Å²) in [7, 11) is 0. The first-order valence-electron chi connectivity index (χ1n) is 6.46. The molecule has 0 radical (unpaired) electrons. The molecule has 0 fully saturated rings.